The van der Waals surface area contributed by atoms with Crippen LogP contribution in [0.5, 0.6) is 0 Å². The topological polar surface area (TPSA) is 60.7 Å². The van der Waals surface area contributed by atoms with Gasteiger partial charge in [0.2, 0.25) is 0 Å². The Hall–Kier alpha value is -2.90. The van der Waals surface area contributed by atoms with Gasteiger partial charge in [-0.2, -0.15) is 0 Å². The van der Waals surface area contributed by atoms with Crippen molar-refractivity contribution in [2.45, 2.75) is 24.3 Å². The number of nitrogens with zero attached hydrogens (tertiary/aromatic N) is 2. The Morgan fingerprint density at radius 1 is 1.19 bits per heavy atom. The van der Waals surface area contributed by atoms with Crippen LogP contribution in [0.2, 0.25) is 0 Å². The molecule has 0 N–H and O–H groups in total. The zero-order valence-corrected chi connectivity index (χ0v) is 19.1. The number of rotatable bonds is 5. The van der Waals surface area contributed by atoms with Gasteiger partial charge in [-0.25, -0.2) is 9.79 Å². The van der Waals surface area contributed by atoms with Gasteiger partial charge >= 0.3 is 5.97 Å². The van der Waals surface area contributed by atoms with Crippen LogP contribution in [0.3, 0.4) is 0 Å². The number of hydrogen-bond donors (Lipinski definition) is 0. The van der Waals surface area contributed by atoms with Gasteiger partial charge in [0.25, 0.3) is 5.56 Å². The Morgan fingerprint density at radius 2 is 1.90 bits per heavy atom. The van der Waals surface area contributed by atoms with E-state index >= 15 is 0 Å². The summed E-state index contributed by atoms with van der Waals surface area (Å²) in [6, 6.07) is 17.0. The fraction of sp³-hybridized carbons (Fsp3) is 0.208. The van der Waals surface area contributed by atoms with Gasteiger partial charge in [0.15, 0.2) is 4.80 Å². The van der Waals surface area contributed by atoms with Crippen LogP contribution in [0.1, 0.15) is 30.5 Å². The number of thiazole rings is 1. The Balaban J connectivity index is 1.95. The summed E-state index contributed by atoms with van der Waals surface area (Å²) in [4.78, 5) is 32.7. The first-order valence-corrected chi connectivity index (χ1v) is 11.9. The van der Waals surface area contributed by atoms with Crippen molar-refractivity contribution in [1.29, 1.82) is 0 Å². The maximum absolute atomic E-state index is 13.5. The van der Waals surface area contributed by atoms with E-state index in [2.05, 4.69) is 4.99 Å². The second-order valence-electron chi connectivity index (χ2n) is 6.97. The number of ether oxygens (including phenoxy) is 1. The van der Waals surface area contributed by atoms with Crippen LogP contribution in [0.4, 0.5) is 0 Å². The molecule has 1 aromatic heterocycles. The van der Waals surface area contributed by atoms with Gasteiger partial charge in [-0.15, -0.1) is 11.8 Å². The number of hydrogen-bond acceptors (Lipinski definition) is 6. The Bertz CT molecular complexity index is 1320. The Labute approximate surface area is 188 Å². The van der Waals surface area contributed by atoms with Crippen molar-refractivity contribution in [2.24, 2.45) is 4.99 Å². The zero-order valence-electron chi connectivity index (χ0n) is 17.5. The molecular formula is C24H22N2O3S2. The molecule has 31 heavy (non-hydrogen) atoms. The van der Waals surface area contributed by atoms with Crippen LogP contribution in [0.15, 0.2) is 80.5 Å². The SMILES string of the molecule is CCC1=C(C(=O)OC)[C@@H](c2ccccc2)n2c(s/c(=C\c3ccc(SC)cc3)c2=O)=N1. The molecule has 5 nitrogen and oxygen atoms in total. The maximum atomic E-state index is 13.5. The predicted octanol–water partition coefficient (Wildman–Crippen LogP) is 3.52. The van der Waals surface area contributed by atoms with Gasteiger partial charge in [0.1, 0.15) is 0 Å². The van der Waals surface area contributed by atoms with Gasteiger partial charge in [0.05, 0.1) is 29.0 Å². The number of fused-ring (bicyclic) bond motifs is 1. The standard InChI is InChI=1S/C24H22N2O3S2/c1-4-18-20(23(28)29-2)21(16-8-6-5-7-9-16)26-22(27)19(31-24(26)25-18)14-15-10-12-17(30-3)13-11-15/h5-14,21H,4H2,1-3H3/b19-14-/t21-/m1/s1. The Kier molecular flexibility index (Phi) is 6.25. The summed E-state index contributed by atoms with van der Waals surface area (Å²) in [6.07, 6.45) is 4.47. The largest absolute Gasteiger partial charge is 0.466 e. The average Bonchev–Trinajstić information content (AvgIpc) is 3.13. The number of thioether (sulfide) groups is 1. The van der Waals surface area contributed by atoms with Crippen molar-refractivity contribution < 1.29 is 9.53 Å². The molecule has 0 aliphatic carbocycles. The van der Waals surface area contributed by atoms with Gasteiger partial charge < -0.3 is 4.74 Å². The predicted molar refractivity (Wildman–Crippen MR) is 125 cm³/mol. The van der Waals surface area contributed by atoms with Gasteiger partial charge in [-0.3, -0.25) is 9.36 Å². The quantitative estimate of drug-likeness (QED) is 0.441. The lowest BCUT2D eigenvalue weighted by molar-refractivity contribution is -0.136. The van der Waals surface area contributed by atoms with Crippen molar-refractivity contribution in [3.05, 3.63) is 96.7 Å². The van der Waals surface area contributed by atoms with Crippen LogP contribution in [0.25, 0.3) is 6.08 Å². The number of carbonyl (C=O) groups excluding carboxylic acids is 1. The maximum Gasteiger partial charge on any atom is 0.338 e. The minimum atomic E-state index is -0.569. The van der Waals surface area contributed by atoms with E-state index in [0.717, 1.165) is 16.0 Å². The molecule has 3 aromatic rings. The summed E-state index contributed by atoms with van der Waals surface area (Å²) in [5, 5.41) is 0. The van der Waals surface area contributed by atoms with Crippen molar-refractivity contribution in [3.63, 3.8) is 0 Å². The molecule has 0 spiro atoms. The third-order valence-electron chi connectivity index (χ3n) is 5.18. The van der Waals surface area contributed by atoms with E-state index in [4.69, 9.17) is 4.74 Å². The minimum Gasteiger partial charge on any atom is -0.466 e. The second-order valence-corrected chi connectivity index (χ2v) is 8.86. The molecule has 0 fully saturated rings. The van der Waals surface area contributed by atoms with E-state index in [1.165, 1.54) is 18.4 Å². The first-order valence-electron chi connectivity index (χ1n) is 9.89. The molecule has 0 saturated heterocycles. The molecule has 1 aliphatic heterocycles. The van der Waals surface area contributed by atoms with Crippen LogP contribution < -0.4 is 14.9 Å². The van der Waals surface area contributed by atoms with E-state index in [-0.39, 0.29) is 5.56 Å². The number of methoxy groups -OCH3 is 1. The molecule has 2 aromatic carbocycles. The molecule has 2 heterocycles. The molecule has 7 heteroatoms. The monoisotopic (exact) mass is 450 g/mol. The van der Waals surface area contributed by atoms with E-state index in [1.54, 1.807) is 16.3 Å². The van der Waals surface area contributed by atoms with E-state index in [9.17, 15) is 9.59 Å². The van der Waals surface area contributed by atoms with Crippen LogP contribution >= 0.6 is 23.1 Å². The number of benzene rings is 2. The Morgan fingerprint density at radius 3 is 2.52 bits per heavy atom. The molecule has 1 atom stereocenters. The van der Waals surface area contributed by atoms with Crippen LogP contribution in [0, 0.1) is 0 Å². The molecule has 158 valence electrons. The second kappa shape index (κ2) is 9.08. The molecule has 0 bridgehead atoms. The lowest BCUT2D eigenvalue weighted by Gasteiger charge is -2.25. The van der Waals surface area contributed by atoms with Crippen molar-refractivity contribution in [1.82, 2.24) is 4.57 Å². The van der Waals surface area contributed by atoms with Gasteiger partial charge in [-0.1, -0.05) is 60.7 Å². The fourth-order valence-electron chi connectivity index (χ4n) is 3.67. The summed E-state index contributed by atoms with van der Waals surface area (Å²) in [7, 11) is 1.36. The van der Waals surface area contributed by atoms with E-state index < -0.39 is 12.0 Å². The van der Waals surface area contributed by atoms with Gasteiger partial charge in [-0.05, 0) is 42.0 Å². The average molecular weight is 451 g/mol. The number of allylic oxidation sites excluding steroid dienone is 1. The highest BCUT2D eigenvalue weighted by Gasteiger charge is 2.33. The highest BCUT2D eigenvalue weighted by molar-refractivity contribution is 7.98. The first kappa shape index (κ1) is 21.3. The van der Waals surface area contributed by atoms with E-state index in [1.807, 2.05) is 73.9 Å². The number of carbonyl (C=O) groups is 1. The summed E-state index contributed by atoms with van der Waals surface area (Å²) in [5.41, 5.74) is 2.70. The lowest BCUT2D eigenvalue weighted by Crippen LogP contribution is -2.40. The minimum absolute atomic E-state index is 0.164. The highest BCUT2D eigenvalue weighted by atomic mass is 32.2. The fourth-order valence-corrected chi connectivity index (χ4v) is 5.09. The zero-order chi connectivity index (χ0) is 22.0. The molecule has 0 radical (unpaired) electrons. The summed E-state index contributed by atoms with van der Waals surface area (Å²) in [5.74, 6) is -0.462. The van der Waals surface area contributed by atoms with Crippen molar-refractivity contribution in [2.75, 3.05) is 13.4 Å². The molecule has 0 unspecified atom stereocenters. The highest BCUT2D eigenvalue weighted by Crippen LogP contribution is 2.31. The molecule has 0 amide bonds. The number of esters is 1. The van der Waals surface area contributed by atoms with Gasteiger partial charge in [0, 0.05) is 4.90 Å². The normalized spacial score (nSPS) is 16.1. The number of aromatic nitrogens is 1. The lowest BCUT2D eigenvalue weighted by atomic mass is 9.95. The molecule has 0 saturated carbocycles. The van der Waals surface area contributed by atoms with Crippen molar-refractivity contribution >= 4 is 35.1 Å². The van der Waals surface area contributed by atoms with Crippen molar-refractivity contribution in [3.8, 4) is 0 Å². The van der Waals surface area contributed by atoms with Crippen LogP contribution in [-0.2, 0) is 9.53 Å². The van der Waals surface area contributed by atoms with Crippen LogP contribution in [-0.4, -0.2) is 23.9 Å². The molecule has 4 rings (SSSR count). The summed E-state index contributed by atoms with van der Waals surface area (Å²) < 4.78 is 7.27. The smallest absolute Gasteiger partial charge is 0.338 e. The molecule has 1 aliphatic rings. The third-order valence-corrected chi connectivity index (χ3v) is 6.91. The summed E-state index contributed by atoms with van der Waals surface area (Å²) >= 11 is 3.02. The third kappa shape index (κ3) is 4.03. The summed E-state index contributed by atoms with van der Waals surface area (Å²) in [6.45, 7) is 1.95. The molecular weight excluding hydrogens is 428 g/mol. The first-order chi connectivity index (χ1) is 15.1. The van der Waals surface area contributed by atoms with E-state index in [0.29, 0.717) is 27.0 Å².